The van der Waals surface area contributed by atoms with E-state index in [0.717, 1.165) is 36.4 Å². The number of hydrogen-bond donors (Lipinski definition) is 2. The molecule has 5 nitrogen and oxygen atoms in total. The summed E-state index contributed by atoms with van der Waals surface area (Å²) in [6, 6.07) is 14.7. The lowest BCUT2D eigenvalue weighted by atomic mass is 10.1. The number of carbonyl (C=O) groups is 1. The summed E-state index contributed by atoms with van der Waals surface area (Å²) in [5, 5.41) is 2.88. The third kappa shape index (κ3) is 5.96. The molecule has 1 aliphatic heterocycles. The number of ether oxygens (including phenoxy) is 2. The van der Waals surface area contributed by atoms with Crippen molar-refractivity contribution in [3.05, 3.63) is 54.1 Å². The van der Waals surface area contributed by atoms with E-state index in [1.807, 2.05) is 36.4 Å². The van der Waals surface area contributed by atoms with Gasteiger partial charge in [0.15, 0.2) is 0 Å². The van der Waals surface area contributed by atoms with Gasteiger partial charge in [-0.2, -0.15) is 0 Å². The molecule has 6 heteroatoms. The summed E-state index contributed by atoms with van der Waals surface area (Å²) in [5.41, 5.74) is 8.01. The molecule has 1 atom stereocenters. The van der Waals surface area contributed by atoms with Gasteiger partial charge in [-0.25, -0.2) is 0 Å². The Labute approximate surface area is 153 Å². The Morgan fingerprint density at radius 1 is 1.16 bits per heavy atom. The molecule has 0 spiro atoms. The molecule has 2 aromatic rings. The normalized spacial score (nSPS) is 16.1. The van der Waals surface area contributed by atoms with E-state index >= 15 is 0 Å². The van der Waals surface area contributed by atoms with Crippen molar-refractivity contribution in [2.45, 2.75) is 25.4 Å². The highest BCUT2D eigenvalue weighted by Gasteiger charge is 2.15. The Kier molecular flexibility index (Phi) is 7.10. The lowest BCUT2D eigenvalue weighted by Gasteiger charge is -2.12. The van der Waals surface area contributed by atoms with Crippen molar-refractivity contribution in [1.82, 2.24) is 0 Å². The maximum atomic E-state index is 12.1. The zero-order valence-electron chi connectivity index (χ0n) is 13.9. The molecule has 1 aliphatic rings. The van der Waals surface area contributed by atoms with E-state index < -0.39 is 0 Å². The number of halogens is 1. The van der Waals surface area contributed by atoms with E-state index in [4.69, 9.17) is 15.2 Å². The molecule has 3 rings (SSSR count). The predicted molar refractivity (Wildman–Crippen MR) is 101 cm³/mol. The van der Waals surface area contributed by atoms with Crippen LogP contribution in [0.25, 0.3) is 0 Å². The monoisotopic (exact) mass is 362 g/mol. The van der Waals surface area contributed by atoms with Gasteiger partial charge in [-0.05, 0) is 54.8 Å². The number of nitrogens with one attached hydrogen (secondary N) is 1. The third-order valence-electron chi connectivity index (χ3n) is 3.94. The Bertz CT molecular complexity index is 668. The molecule has 1 unspecified atom stereocenters. The molecule has 25 heavy (non-hydrogen) atoms. The van der Waals surface area contributed by atoms with Gasteiger partial charge in [0.2, 0.25) is 5.91 Å². The first-order valence-corrected chi connectivity index (χ1v) is 8.18. The molecular weight excluding hydrogens is 340 g/mol. The summed E-state index contributed by atoms with van der Waals surface area (Å²) < 4.78 is 11.2. The van der Waals surface area contributed by atoms with Crippen LogP contribution in [-0.2, 0) is 16.0 Å². The number of anilines is 2. The quantitative estimate of drug-likeness (QED) is 0.772. The van der Waals surface area contributed by atoms with E-state index in [1.165, 1.54) is 0 Å². The second-order valence-electron chi connectivity index (χ2n) is 5.94. The van der Waals surface area contributed by atoms with Crippen LogP contribution in [0.1, 0.15) is 18.4 Å². The van der Waals surface area contributed by atoms with Crippen molar-refractivity contribution >= 4 is 29.7 Å². The van der Waals surface area contributed by atoms with Crippen LogP contribution in [0.15, 0.2) is 48.5 Å². The lowest BCUT2D eigenvalue weighted by molar-refractivity contribution is -0.115. The fourth-order valence-corrected chi connectivity index (χ4v) is 2.63. The van der Waals surface area contributed by atoms with Gasteiger partial charge in [-0.1, -0.05) is 12.1 Å². The maximum Gasteiger partial charge on any atom is 0.228 e. The van der Waals surface area contributed by atoms with Crippen LogP contribution in [0.5, 0.6) is 5.75 Å². The summed E-state index contributed by atoms with van der Waals surface area (Å²) in [4.78, 5) is 12.1. The minimum Gasteiger partial charge on any atom is -0.491 e. The van der Waals surface area contributed by atoms with E-state index in [-0.39, 0.29) is 24.4 Å². The zero-order chi connectivity index (χ0) is 16.8. The Hall–Kier alpha value is -2.24. The molecule has 0 radical (unpaired) electrons. The number of hydrogen-bond acceptors (Lipinski definition) is 4. The molecule has 1 fully saturated rings. The van der Waals surface area contributed by atoms with Gasteiger partial charge in [-0.3, -0.25) is 4.79 Å². The highest BCUT2D eigenvalue weighted by Crippen LogP contribution is 2.18. The van der Waals surface area contributed by atoms with Crippen molar-refractivity contribution in [2.24, 2.45) is 0 Å². The Morgan fingerprint density at radius 3 is 2.52 bits per heavy atom. The van der Waals surface area contributed by atoms with Crippen molar-refractivity contribution in [2.75, 3.05) is 24.3 Å². The minimum atomic E-state index is -0.0622. The highest BCUT2D eigenvalue weighted by atomic mass is 35.5. The zero-order valence-corrected chi connectivity index (χ0v) is 14.8. The lowest BCUT2D eigenvalue weighted by Crippen LogP contribution is -2.16. The standard InChI is InChI=1S/C19H22N2O3.ClH/c20-15-5-3-14(4-6-15)12-19(22)21-16-7-9-17(10-8-16)24-13-18-2-1-11-23-18;/h3-10,18H,1-2,11-13,20H2,(H,21,22);1H. The Morgan fingerprint density at radius 2 is 1.88 bits per heavy atom. The van der Waals surface area contributed by atoms with E-state index in [9.17, 15) is 4.79 Å². The van der Waals surface area contributed by atoms with Crippen molar-refractivity contribution in [3.63, 3.8) is 0 Å². The molecule has 1 amide bonds. The third-order valence-corrected chi connectivity index (χ3v) is 3.94. The minimum absolute atomic E-state index is 0. The number of rotatable bonds is 6. The van der Waals surface area contributed by atoms with Crippen LogP contribution >= 0.6 is 12.4 Å². The molecule has 134 valence electrons. The summed E-state index contributed by atoms with van der Waals surface area (Å²) in [6.45, 7) is 1.40. The fourth-order valence-electron chi connectivity index (χ4n) is 2.63. The summed E-state index contributed by atoms with van der Waals surface area (Å²) in [5.74, 6) is 0.717. The largest absolute Gasteiger partial charge is 0.491 e. The van der Waals surface area contributed by atoms with Gasteiger partial charge in [0.1, 0.15) is 12.4 Å². The van der Waals surface area contributed by atoms with Crippen LogP contribution in [0.4, 0.5) is 11.4 Å². The van der Waals surface area contributed by atoms with Gasteiger partial charge in [-0.15, -0.1) is 12.4 Å². The first-order valence-electron chi connectivity index (χ1n) is 8.18. The number of nitrogen functional groups attached to an aromatic ring is 1. The Balaban J connectivity index is 0.00000225. The second-order valence-corrected chi connectivity index (χ2v) is 5.94. The van der Waals surface area contributed by atoms with Crippen LogP contribution in [-0.4, -0.2) is 25.2 Å². The molecule has 1 saturated heterocycles. The highest BCUT2D eigenvalue weighted by molar-refractivity contribution is 5.92. The molecular formula is C19H23ClN2O3. The number of nitrogens with two attached hydrogens (primary N) is 1. The van der Waals surface area contributed by atoms with Gasteiger partial charge in [0.25, 0.3) is 0 Å². The summed E-state index contributed by atoms with van der Waals surface area (Å²) >= 11 is 0. The SMILES string of the molecule is Cl.Nc1ccc(CC(=O)Nc2ccc(OCC3CCCO3)cc2)cc1. The fraction of sp³-hybridized carbons (Fsp3) is 0.316. The first kappa shape index (κ1) is 19.1. The molecule has 0 aliphatic carbocycles. The van der Waals surface area contributed by atoms with Crippen LogP contribution in [0, 0.1) is 0 Å². The van der Waals surface area contributed by atoms with Crippen LogP contribution in [0.2, 0.25) is 0 Å². The number of carbonyl (C=O) groups excluding carboxylic acids is 1. The average molecular weight is 363 g/mol. The van der Waals surface area contributed by atoms with Crippen molar-refractivity contribution < 1.29 is 14.3 Å². The first-order chi connectivity index (χ1) is 11.7. The number of benzene rings is 2. The smallest absolute Gasteiger partial charge is 0.228 e. The van der Waals surface area contributed by atoms with Gasteiger partial charge >= 0.3 is 0 Å². The van der Waals surface area contributed by atoms with Gasteiger partial charge < -0.3 is 20.5 Å². The topological polar surface area (TPSA) is 73.6 Å². The van der Waals surface area contributed by atoms with Crippen LogP contribution in [0.3, 0.4) is 0 Å². The van der Waals surface area contributed by atoms with E-state index in [1.54, 1.807) is 12.1 Å². The molecule has 2 aromatic carbocycles. The van der Waals surface area contributed by atoms with Gasteiger partial charge in [0, 0.05) is 18.0 Å². The molecule has 0 saturated carbocycles. The van der Waals surface area contributed by atoms with E-state index in [2.05, 4.69) is 5.32 Å². The molecule has 3 N–H and O–H groups in total. The van der Waals surface area contributed by atoms with E-state index in [0.29, 0.717) is 18.7 Å². The summed E-state index contributed by atoms with van der Waals surface area (Å²) in [6.07, 6.45) is 2.67. The number of amides is 1. The average Bonchev–Trinajstić information content (AvgIpc) is 3.10. The molecule has 1 heterocycles. The van der Waals surface area contributed by atoms with Gasteiger partial charge in [0.05, 0.1) is 12.5 Å². The predicted octanol–water partition coefficient (Wildman–Crippen LogP) is 3.43. The summed E-state index contributed by atoms with van der Waals surface area (Å²) in [7, 11) is 0. The van der Waals surface area contributed by atoms with Crippen LogP contribution < -0.4 is 15.8 Å². The maximum absolute atomic E-state index is 12.1. The molecule has 0 aromatic heterocycles. The second kappa shape index (κ2) is 9.30. The van der Waals surface area contributed by atoms with Crippen molar-refractivity contribution in [1.29, 1.82) is 0 Å². The molecule has 0 bridgehead atoms. The van der Waals surface area contributed by atoms with Crippen molar-refractivity contribution in [3.8, 4) is 5.75 Å².